The van der Waals surface area contributed by atoms with E-state index in [4.69, 9.17) is 23.2 Å². The first kappa shape index (κ1) is 17.9. The molecule has 2 aromatic heterocycles. The van der Waals surface area contributed by atoms with E-state index in [-0.39, 0.29) is 5.56 Å². The molecular weight excluding hydrogens is 391 g/mol. The highest BCUT2D eigenvalue weighted by atomic mass is 35.5. The minimum absolute atomic E-state index is 0.00972. The Morgan fingerprint density at radius 1 is 1.00 bits per heavy atom. The Morgan fingerprint density at radius 3 is 2.46 bits per heavy atom. The quantitative estimate of drug-likeness (QED) is 0.663. The van der Waals surface area contributed by atoms with Crippen molar-refractivity contribution in [3.05, 3.63) is 67.5 Å². The lowest BCUT2D eigenvalue weighted by molar-refractivity contribution is 0.121. The maximum Gasteiger partial charge on any atom is 0.258 e. The fraction of sp³-hybridized carbons (Fsp3) is 0.333. The summed E-state index contributed by atoms with van der Waals surface area (Å²) in [5, 5.41) is 3.07. The predicted octanol–water partition coefficient (Wildman–Crippen LogP) is 3.38. The Kier molecular flexibility index (Phi) is 5.29. The number of hydrogen-bond donors (Lipinski definition) is 0. The zero-order valence-corrected chi connectivity index (χ0v) is 16.4. The van der Waals surface area contributed by atoms with E-state index in [1.54, 1.807) is 16.7 Å². The number of fused-ring (bicyclic) bond motifs is 1. The Bertz CT molecular complexity index is 979. The van der Waals surface area contributed by atoms with Gasteiger partial charge in [0.05, 0.1) is 15.7 Å². The highest BCUT2D eigenvalue weighted by Gasteiger charge is 2.18. The third-order valence-electron chi connectivity index (χ3n) is 4.60. The van der Waals surface area contributed by atoms with Crippen molar-refractivity contribution in [2.24, 2.45) is 0 Å². The first-order chi connectivity index (χ1) is 12.6. The number of piperazine rings is 1. The number of halogens is 2. The largest absolute Gasteiger partial charge is 0.297 e. The van der Waals surface area contributed by atoms with E-state index < -0.39 is 0 Å². The van der Waals surface area contributed by atoms with Crippen LogP contribution in [0.3, 0.4) is 0 Å². The second-order valence-electron chi connectivity index (χ2n) is 6.44. The first-order valence-corrected chi connectivity index (χ1v) is 10.1. The highest BCUT2D eigenvalue weighted by molar-refractivity contribution is 7.15. The molecule has 0 bridgehead atoms. The molecule has 4 rings (SSSR count). The summed E-state index contributed by atoms with van der Waals surface area (Å²) in [5.74, 6) is 0. The molecule has 1 aliphatic rings. The molecule has 0 aliphatic carbocycles. The molecule has 0 amide bonds. The number of benzene rings is 1. The summed E-state index contributed by atoms with van der Waals surface area (Å²) < 4.78 is 1.59. The van der Waals surface area contributed by atoms with Crippen molar-refractivity contribution in [2.75, 3.05) is 26.2 Å². The monoisotopic (exact) mass is 408 g/mol. The van der Waals surface area contributed by atoms with Crippen LogP contribution < -0.4 is 5.56 Å². The molecular formula is C18H18Cl2N4OS. The van der Waals surface area contributed by atoms with Gasteiger partial charge in [0.1, 0.15) is 0 Å². The van der Waals surface area contributed by atoms with Gasteiger partial charge >= 0.3 is 0 Å². The van der Waals surface area contributed by atoms with Crippen molar-refractivity contribution in [1.29, 1.82) is 0 Å². The Balaban J connectivity index is 1.35. The average Bonchev–Trinajstić information content (AvgIpc) is 3.09. The normalized spacial score (nSPS) is 16.4. The van der Waals surface area contributed by atoms with Crippen LogP contribution in [0.1, 0.15) is 11.3 Å². The summed E-state index contributed by atoms with van der Waals surface area (Å²) in [5.41, 5.74) is 2.01. The molecule has 8 heteroatoms. The molecule has 0 atom stereocenters. The minimum atomic E-state index is -0.00972. The molecule has 26 heavy (non-hydrogen) atoms. The molecule has 1 fully saturated rings. The SMILES string of the molecule is O=c1cc(CN2CCN(Cc3ccc(Cl)c(Cl)c3)CC2)nc2sccn12. The third-order valence-corrected chi connectivity index (χ3v) is 6.09. The van der Waals surface area contributed by atoms with E-state index in [2.05, 4.69) is 14.8 Å². The number of rotatable bonds is 4. The van der Waals surface area contributed by atoms with Crippen LogP contribution in [0.2, 0.25) is 10.0 Å². The van der Waals surface area contributed by atoms with Gasteiger partial charge < -0.3 is 0 Å². The zero-order valence-electron chi connectivity index (χ0n) is 14.1. The lowest BCUT2D eigenvalue weighted by Crippen LogP contribution is -2.45. The molecule has 0 radical (unpaired) electrons. The summed E-state index contributed by atoms with van der Waals surface area (Å²) in [6.45, 7) is 5.43. The van der Waals surface area contributed by atoms with E-state index >= 15 is 0 Å². The average molecular weight is 409 g/mol. The summed E-state index contributed by atoms with van der Waals surface area (Å²) in [7, 11) is 0. The van der Waals surface area contributed by atoms with Crippen molar-refractivity contribution < 1.29 is 0 Å². The van der Waals surface area contributed by atoms with Gasteiger partial charge in [-0.2, -0.15) is 0 Å². The van der Waals surface area contributed by atoms with Crippen molar-refractivity contribution in [1.82, 2.24) is 19.2 Å². The van der Waals surface area contributed by atoms with Crippen LogP contribution in [0.4, 0.5) is 0 Å². The Morgan fingerprint density at radius 2 is 1.73 bits per heavy atom. The molecule has 5 nitrogen and oxygen atoms in total. The molecule has 3 aromatic rings. The van der Waals surface area contributed by atoms with Crippen molar-refractivity contribution in [3.63, 3.8) is 0 Å². The fourth-order valence-electron chi connectivity index (χ4n) is 3.20. The van der Waals surface area contributed by atoms with Gasteiger partial charge in [-0.3, -0.25) is 19.0 Å². The van der Waals surface area contributed by atoms with Crippen LogP contribution in [0, 0.1) is 0 Å². The second kappa shape index (κ2) is 7.66. The molecule has 136 valence electrons. The number of hydrogen-bond acceptors (Lipinski definition) is 5. The number of thiazole rings is 1. The van der Waals surface area contributed by atoms with Gasteiger partial charge in [0.2, 0.25) is 0 Å². The van der Waals surface area contributed by atoms with Crippen molar-refractivity contribution >= 4 is 39.5 Å². The Labute approximate surface area is 165 Å². The van der Waals surface area contributed by atoms with Crippen molar-refractivity contribution in [2.45, 2.75) is 13.1 Å². The van der Waals surface area contributed by atoms with E-state index in [1.165, 1.54) is 16.9 Å². The van der Waals surface area contributed by atoms with Gasteiger partial charge in [0.25, 0.3) is 5.56 Å². The summed E-state index contributed by atoms with van der Waals surface area (Å²) >= 11 is 13.6. The zero-order chi connectivity index (χ0) is 18.1. The maximum atomic E-state index is 12.1. The number of nitrogens with zero attached hydrogens (tertiary/aromatic N) is 4. The van der Waals surface area contributed by atoms with Gasteiger partial charge in [0.15, 0.2) is 4.96 Å². The molecule has 0 unspecified atom stereocenters. The van der Waals surface area contributed by atoms with Crippen LogP contribution in [-0.4, -0.2) is 45.4 Å². The van der Waals surface area contributed by atoms with E-state index in [9.17, 15) is 4.79 Å². The van der Waals surface area contributed by atoms with Crippen molar-refractivity contribution in [3.8, 4) is 0 Å². The second-order valence-corrected chi connectivity index (χ2v) is 8.13. The van der Waals surface area contributed by atoms with Crippen LogP contribution in [0.15, 0.2) is 40.6 Å². The minimum Gasteiger partial charge on any atom is -0.297 e. The molecule has 1 aliphatic heterocycles. The summed E-state index contributed by atoms with van der Waals surface area (Å²) in [6, 6.07) is 7.44. The lowest BCUT2D eigenvalue weighted by atomic mass is 10.2. The lowest BCUT2D eigenvalue weighted by Gasteiger charge is -2.34. The van der Waals surface area contributed by atoms with Gasteiger partial charge in [-0.05, 0) is 17.7 Å². The van der Waals surface area contributed by atoms with Gasteiger partial charge in [-0.1, -0.05) is 29.3 Å². The molecule has 0 saturated carbocycles. The molecule has 3 heterocycles. The smallest absolute Gasteiger partial charge is 0.258 e. The van der Waals surface area contributed by atoms with Crippen LogP contribution >= 0.6 is 34.5 Å². The van der Waals surface area contributed by atoms with Crippen LogP contribution in [-0.2, 0) is 13.1 Å². The predicted molar refractivity (Wildman–Crippen MR) is 106 cm³/mol. The fourth-order valence-corrected chi connectivity index (χ4v) is 4.26. The first-order valence-electron chi connectivity index (χ1n) is 8.43. The molecule has 0 spiro atoms. The number of aromatic nitrogens is 2. The van der Waals surface area contributed by atoms with Gasteiger partial charge in [-0.25, -0.2) is 4.98 Å². The maximum absolute atomic E-state index is 12.1. The van der Waals surface area contributed by atoms with Gasteiger partial charge in [-0.15, -0.1) is 11.3 Å². The van der Waals surface area contributed by atoms with Crippen LogP contribution in [0.25, 0.3) is 4.96 Å². The molecule has 0 N–H and O–H groups in total. The third kappa shape index (κ3) is 3.94. The van der Waals surface area contributed by atoms with E-state index in [0.29, 0.717) is 16.6 Å². The Hall–Kier alpha value is -1.44. The van der Waals surface area contributed by atoms with Crippen LogP contribution in [0.5, 0.6) is 0 Å². The molecule has 1 saturated heterocycles. The van der Waals surface area contributed by atoms with E-state index in [0.717, 1.165) is 43.4 Å². The summed E-state index contributed by atoms with van der Waals surface area (Å²) in [6.07, 6.45) is 1.76. The van der Waals surface area contributed by atoms with Gasteiger partial charge in [0, 0.05) is 56.9 Å². The summed E-state index contributed by atoms with van der Waals surface area (Å²) in [4.78, 5) is 22.2. The standard InChI is InChI=1S/C18H18Cl2N4OS/c19-15-2-1-13(9-16(15)20)11-22-3-5-23(6-4-22)12-14-10-17(25)24-7-8-26-18(24)21-14/h1-2,7-10H,3-6,11-12H2. The topological polar surface area (TPSA) is 40.9 Å². The van der Waals surface area contributed by atoms with E-state index in [1.807, 2.05) is 23.6 Å². The molecule has 1 aromatic carbocycles. The highest BCUT2D eigenvalue weighted by Crippen LogP contribution is 2.23.